The third kappa shape index (κ3) is 4.02. The third-order valence-corrected chi connectivity index (χ3v) is 6.47. The number of hydrogen-bond acceptors (Lipinski definition) is 3. The third-order valence-electron chi connectivity index (χ3n) is 6.47. The van der Waals surface area contributed by atoms with E-state index >= 15 is 0 Å². The number of unbranched alkanes of at least 4 members (excludes halogenated alkanes) is 1. The summed E-state index contributed by atoms with van der Waals surface area (Å²) >= 11 is 0. The lowest BCUT2D eigenvalue weighted by molar-refractivity contribution is -0.0944. The number of H-pyrrole nitrogens is 1. The van der Waals surface area contributed by atoms with Crippen LogP contribution in [0, 0.1) is 0 Å². The van der Waals surface area contributed by atoms with Gasteiger partial charge in [0.2, 0.25) is 0 Å². The lowest BCUT2D eigenvalue weighted by atomic mass is 9.98. The smallest absolute Gasteiger partial charge is 0.278 e. The van der Waals surface area contributed by atoms with Crippen LogP contribution in [-0.4, -0.2) is 10.8 Å². The second-order valence-corrected chi connectivity index (χ2v) is 8.74. The van der Waals surface area contributed by atoms with Gasteiger partial charge in [0.05, 0.1) is 0 Å². The number of rotatable bonds is 8. The van der Waals surface area contributed by atoms with Crippen LogP contribution >= 0.6 is 0 Å². The van der Waals surface area contributed by atoms with Gasteiger partial charge < -0.3 is 14.5 Å². The van der Waals surface area contributed by atoms with Gasteiger partial charge in [-0.05, 0) is 42.2 Å². The van der Waals surface area contributed by atoms with Gasteiger partial charge in [0, 0.05) is 41.1 Å². The number of benzene rings is 3. The number of fused-ring (bicyclic) bond motifs is 2. The van der Waals surface area contributed by atoms with Crippen LogP contribution in [0.3, 0.4) is 0 Å². The maximum atomic E-state index is 13.0. The summed E-state index contributed by atoms with van der Waals surface area (Å²) in [5.41, 5.74) is 4.93. The van der Waals surface area contributed by atoms with Crippen molar-refractivity contribution in [2.24, 2.45) is 0 Å². The second kappa shape index (κ2) is 8.78. The molecule has 1 atom stereocenters. The minimum Gasteiger partial charge on any atom is -0.444 e. The minimum absolute atomic E-state index is 0.0821. The lowest BCUT2D eigenvalue weighted by Gasteiger charge is -2.28. The summed E-state index contributed by atoms with van der Waals surface area (Å²) in [7, 11) is 0. The summed E-state index contributed by atoms with van der Waals surface area (Å²) in [6.45, 7) is 4.32. The number of para-hydroxylation sites is 1. The molecule has 5 rings (SSSR count). The molecule has 1 aliphatic heterocycles. The molecule has 33 heavy (non-hydrogen) atoms. The molecule has 0 spiro atoms. The van der Waals surface area contributed by atoms with Crippen LogP contribution in [0.1, 0.15) is 60.2 Å². The molecular weight excluding hydrogens is 410 g/mol. The molecule has 0 radical (unpaired) electrons. The molecular formula is C29H29NO3. The van der Waals surface area contributed by atoms with Gasteiger partial charge in [0.15, 0.2) is 17.3 Å². The quantitative estimate of drug-likeness (QED) is 0.302. The molecule has 0 saturated carbocycles. The minimum atomic E-state index is -0.815. The zero-order valence-corrected chi connectivity index (χ0v) is 19.2. The normalized spacial score (nSPS) is 16.9. The SMILES string of the molecule is CCCCC1(c2ccc(CC)cc2)Oc2ccc(CC(=O)c3c[nH]c4ccccc34)cc2O1. The highest BCUT2D eigenvalue weighted by atomic mass is 16.7. The van der Waals surface area contributed by atoms with Crippen molar-refractivity contribution in [3.63, 3.8) is 0 Å². The Morgan fingerprint density at radius 1 is 0.909 bits per heavy atom. The van der Waals surface area contributed by atoms with Gasteiger partial charge in [-0.25, -0.2) is 0 Å². The van der Waals surface area contributed by atoms with Gasteiger partial charge >= 0.3 is 0 Å². The zero-order chi connectivity index (χ0) is 22.8. The van der Waals surface area contributed by atoms with Crippen LogP contribution in [0.4, 0.5) is 0 Å². The van der Waals surface area contributed by atoms with Crippen molar-refractivity contribution in [3.05, 3.63) is 95.2 Å². The number of aryl methyl sites for hydroxylation is 1. The van der Waals surface area contributed by atoms with Gasteiger partial charge in [0.25, 0.3) is 5.79 Å². The summed E-state index contributed by atoms with van der Waals surface area (Å²) in [6.07, 6.45) is 5.93. The van der Waals surface area contributed by atoms with E-state index in [-0.39, 0.29) is 5.78 Å². The van der Waals surface area contributed by atoms with Crippen LogP contribution in [0.15, 0.2) is 72.9 Å². The Balaban J connectivity index is 1.40. The van der Waals surface area contributed by atoms with E-state index in [9.17, 15) is 4.79 Å². The first-order valence-corrected chi connectivity index (χ1v) is 11.8. The number of carbonyl (C=O) groups is 1. The molecule has 0 aliphatic carbocycles. The van der Waals surface area contributed by atoms with Crippen LogP contribution in [0.25, 0.3) is 10.9 Å². The average molecular weight is 440 g/mol. The van der Waals surface area contributed by atoms with Crippen molar-refractivity contribution in [1.29, 1.82) is 0 Å². The molecule has 0 bridgehead atoms. The molecule has 4 heteroatoms. The fourth-order valence-corrected chi connectivity index (χ4v) is 4.55. The summed E-state index contributed by atoms with van der Waals surface area (Å²) in [5.74, 6) is 0.701. The first-order valence-electron chi connectivity index (χ1n) is 11.8. The largest absolute Gasteiger partial charge is 0.444 e. The highest BCUT2D eigenvalue weighted by Gasteiger charge is 2.43. The molecule has 4 nitrogen and oxygen atoms in total. The summed E-state index contributed by atoms with van der Waals surface area (Å²) in [4.78, 5) is 16.2. The monoisotopic (exact) mass is 439 g/mol. The Hall–Kier alpha value is -3.53. The standard InChI is InChI=1S/C29H29NO3/c1-3-5-16-29(22-13-10-20(4-2)11-14-22)32-27-15-12-21(18-28(27)33-29)17-26(31)24-19-30-25-9-7-6-8-23(24)25/h6-15,18-19,30H,3-5,16-17H2,1-2H3. The van der Waals surface area contributed by atoms with Crippen LogP contribution < -0.4 is 9.47 Å². The number of carbonyl (C=O) groups excluding carboxylic acids is 1. The maximum absolute atomic E-state index is 13.0. The summed E-state index contributed by atoms with van der Waals surface area (Å²) in [6, 6.07) is 22.2. The van der Waals surface area contributed by atoms with E-state index in [2.05, 4.69) is 43.1 Å². The van der Waals surface area contributed by atoms with Gasteiger partial charge in [-0.3, -0.25) is 4.79 Å². The average Bonchev–Trinajstić information content (AvgIpc) is 3.45. The molecule has 0 saturated heterocycles. The van der Waals surface area contributed by atoms with E-state index in [0.29, 0.717) is 12.2 Å². The highest BCUT2D eigenvalue weighted by Crippen LogP contribution is 2.47. The van der Waals surface area contributed by atoms with Gasteiger partial charge in [-0.15, -0.1) is 0 Å². The van der Waals surface area contributed by atoms with Crippen molar-refractivity contribution in [3.8, 4) is 11.5 Å². The number of aromatic nitrogens is 1. The number of nitrogens with one attached hydrogen (secondary N) is 1. The Bertz CT molecular complexity index is 1290. The van der Waals surface area contributed by atoms with Crippen molar-refractivity contribution in [1.82, 2.24) is 4.98 Å². The number of aromatic amines is 1. The van der Waals surface area contributed by atoms with E-state index < -0.39 is 5.79 Å². The van der Waals surface area contributed by atoms with Crippen molar-refractivity contribution >= 4 is 16.7 Å². The Morgan fingerprint density at radius 3 is 2.45 bits per heavy atom. The van der Waals surface area contributed by atoms with Crippen LogP contribution in [0.5, 0.6) is 11.5 Å². The first-order chi connectivity index (χ1) is 16.1. The number of ether oxygens (including phenoxy) is 2. The fourth-order valence-electron chi connectivity index (χ4n) is 4.55. The van der Waals surface area contributed by atoms with E-state index in [1.165, 1.54) is 5.56 Å². The Morgan fingerprint density at radius 2 is 1.67 bits per heavy atom. The molecule has 1 unspecified atom stereocenters. The molecule has 2 heterocycles. The number of Topliss-reactive ketones (excluding diaryl/α,β-unsaturated/α-hetero) is 1. The Kier molecular flexibility index (Phi) is 5.67. The number of ketones is 1. The Labute approximate surface area is 194 Å². The van der Waals surface area contributed by atoms with Crippen LogP contribution in [-0.2, 0) is 18.6 Å². The van der Waals surface area contributed by atoms with Crippen molar-refractivity contribution < 1.29 is 14.3 Å². The van der Waals surface area contributed by atoms with Gasteiger partial charge in [0.1, 0.15) is 0 Å². The van der Waals surface area contributed by atoms with E-state index in [0.717, 1.165) is 59.0 Å². The second-order valence-electron chi connectivity index (χ2n) is 8.74. The zero-order valence-electron chi connectivity index (χ0n) is 19.2. The van der Waals surface area contributed by atoms with Crippen molar-refractivity contribution in [2.45, 2.75) is 51.7 Å². The summed E-state index contributed by atoms with van der Waals surface area (Å²) in [5, 5.41) is 0.956. The van der Waals surface area contributed by atoms with Gasteiger partial charge in [-0.2, -0.15) is 0 Å². The molecule has 0 fully saturated rings. The summed E-state index contributed by atoms with van der Waals surface area (Å²) < 4.78 is 12.9. The molecule has 168 valence electrons. The fraction of sp³-hybridized carbons (Fsp3) is 0.276. The lowest BCUT2D eigenvalue weighted by Crippen LogP contribution is -2.35. The first kappa shape index (κ1) is 21.3. The molecule has 1 N–H and O–H groups in total. The van der Waals surface area contributed by atoms with Gasteiger partial charge in [-0.1, -0.05) is 68.8 Å². The highest BCUT2D eigenvalue weighted by molar-refractivity contribution is 6.08. The number of hydrogen-bond donors (Lipinski definition) is 1. The molecule has 0 amide bonds. The maximum Gasteiger partial charge on any atom is 0.278 e. The predicted octanol–water partition coefficient (Wildman–Crippen LogP) is 6.97. The molecule has 3 aromatic carbocycles. The molecule has 4 aromatic rings. The van der Waals surface area contributed by atoms with E-state index in [1.54, 1.807) is 6.20 Å². The predicted molar refractivity (Wildman–Crippen MR) is 131 cm³/mol. The topological polar surface area (TPSA) is 51.3 Å². The molecule has 1 aliphatic rings. The van der Waals surface area contributed by atoms with Crippen LogP contribution in [0.2, 0.25) is 0 Å². The van der Waals surface area contributed by atoms with Crippen molar-refractivity contribution in [2.75, 3.05) is 0 Å². The van der Waals surface area contributed by atoms with E-state index in [1.807, 2.05) is 42.5 Å². The van der Waals surface area contributed by atoms with E-state index in [4.69, 9.17) is 9.47 Å². The molecule has 1 aromatic heterocycles.